The second-order valence-corrected chi connectivity index (χ2v) is 4.65. The first-order chi connectivity index (χ1) is 10.4. The second-order valence-electron chi connectivity index (χ2n) is 4.65. The molecular formula is C15H19N3O4. The number of carbonyl (C=O) groups is 3. The minimum absolute atomic E-state index is 0.258. The molecule has 0 aromatic heterocycles. The predicted octanol–water partition coefficient (Wildman–Crippen LogP) is 1.00. The maximum Gasteiger partial charge on any atom is 0.326 e. The Morgan fingerprint density at radius 3 is 2.41 bits per heavy atom. The average molecular weight is 305 g/mol. The van der Waals surface area contributed by atoms with Crippen molar-refractivity contribution in [2.75, 3.05) is 0 Å². The lowest BCUT2D eigenvalue weighted by atomic mass is 10.1. The number of hydrogen-bond donors (Lipinski definition) is 4. The van der Waals surface area contributed by atoms with Crippen molar-refractivity contribution in [3.8, 4) is 0 Å². The fourth-order valence-corrected chi connectivity index (χ4v) is 1.75. The zero-order chi connectivity index (χ0) is 16.5. The first-order valence-electron chi connectivity index (χ1n) is 6.71. The van der Waals surface area contributed by atoms with E-state index in [9.17, 15) is 14.4 Å². The number of urea groups is 1. The standard InChI is InChI=1S/C15H19N3O4/c1-2-3-4-12(14(20)21)18-13(19)11-7-5-10(6-8-11)9-17-15(16)22/h2,5-8,12H,1,3-4,9H2,(H,18,19)(H,20,21)(H3,16,17,22). The third-order valence-corrected chi connectivity index (χ3v) is 2.95. The number of primary amides is 1. The van der Waals surface area contributed by atoms with Crippen LogP contribution in [0.25, 0.3) is 0 Å². The van der Waals surface area contributed by atoms with Crippen LogP contribution < -0.4 is 16.4 Å². The maximum atomic E-state index is 12.0. The Morgan fingerprint density at radius 1 is 1.27 bits per heavy atom. The van der Waals surface area contributed by atoms with E-state index in [-0.39, 0.29) is 13.0 Å². The number of carboxylic acid groups (broad SMARTS) is 1. The molecule has 0 saturated heterocycles. The lowest BCUT2D eigenvalue weighted by Crippen LogP contribution is -2.40. The highest BCUT2D eigenvalue weighted by atomic mass is 16.4. The van der Waals surface area contributed by atoms with E-state index in [0.717, 1.165) is 5.56 Å². The lowest BCUT2D eigenvalue weighted by Gasteiger charge is -2.13. The molecule has 1 unspecified atom stereocenters. The number of allylic oxidation sites excluding steroid dienone is 1. The van der Waals surface area contributed by atoms with Crippen molar-refractivity contribution >= 4 is 17.9 Å². The molecule has 5 N–H and O–H groups in total. The van der Waals surface area contributed by atoms with Crippen LogP contribution in [0, 0.1) is 0 Å². The van der Waals surface area contributed by atoms with Crippen molar-refractivity contribution in [3.63, 3.8) is 0 Å². The highest BCUT2D eigenvalue weighted by molar-refractivity contribution is 5.96. The molecule has 1 aromatic rings. The van der Waals surface area contributed by atoms with Crippen molar-refractivity contribution in [2.24, 2.45) is 5.73 Å². The summed E-state index contributed by atoms with van der Waals surface area (Å²) < 4.78 is 0. The number of rotatable bonds is 8. The Kier molecular flexibility index (Phi) is 6.62. The van der Waals surface area contributed by atoms with Gasteiger partial charge in [0.15, 0.2) is 0 Å². The van der Waals surface area contributed by atoms with E-state index in [0.29, 0.717) is 12.0 Å². The highest BCUT2D eigenvalue weighted by Crippen LogP contribution is 2.06. The van der Waals surface area contributed by atoms with Gasteiger partial charge in [-0.15, -0.1) is 6.58 Å². The summed E-state index contributed by atoms with van der Waals surface area (Å²) in [7, 11) is 0. The third-order valence-electron chi connectivity index (χ3n) is 2.95. The number of aliphatic carboxylic acids is 1. The highest BCUT2D eigenvalue weighted by Gasteiger charge is 2.19. The van der Waals surface area contributed by atoms with E-state index < -0.39 is 23.9 Å². The van der Waals surface area contributed by atoms with Gasteiger partial charge in [0.1, 0.15) is 6.04 Å². The van der Waals surface area contributed by atoms with Gasteiger partial charge in [0.25, 0.3) is 5.91 Å². The van der Waals surface area contributed by atoms with Crippen molar-refractivity contribution in [1.29, 1.82) is 0 Å². The summed E-state index contributed by atoms with van der Waals surface area (Å²) in [5, 5.41) is 14.0. The molecule has 3 amide bonds. The Morgan fingerprint density at radius 2 is 1.91 bits per heavy atom. The summed E-state index contributed by atoms with van der Waals surface area (Å²) in [4.78, 5) is 33.7. The molecule has 0 heterocycles. The number of amides is 3. The van der Waals surface area contributed by atoms with Crippen LogP contribution in [-0.4, -0.2) is 29.1 Å². The molecular weight excluding hydrogens is 286 g/mol. The summed E-state index contributed by atoms with van der Waals surface area (Å²) in [5.41, 5.74) is 6.08. The molecule has 0 aliphatic carbocycles. The number of carbonyl (C=O) groups excluding carboxylic acids is 2. The fourth-order valence-electron chi connectivity index (χ4n) is 1.75. The second kappa shape index (κ2) is 8.46. The summed E-state index contributed by atoms with van der Waals surface area (Å²) in [5.74, 6) is -1.55. The van der Waals surface area contributed by atoms with Crippen LogP contribution in [0.5, 0.6) is 0 Å². The minimum atomic E-state index is -1.09. The SMILES string of the molecule is C=CCCC(NC(=O)c1ccc(CNC(N)=O)cc1)C(=O)O. The van der Waals surface area contributed by atoms with Crippen molar-refractivity contribution in [3.05, 3.63) is 48.0 Å². The molecule has 0 aliphatic rings. The van der Waals surface area contributed by atoms with Gasteiger partial charge in [0, 0.05) is 12.1 Å². The molecule has 0 bridgehead atoms. The molecule has 0 saturated carbocycles. The van der Waals surface area contributed by atoms with Crippen molar-refractivity contribution < 1.29 is 19.5 Å². The number of hydrogen-bond acceptors (Lipinski definition) is 3. The normalized spacial score (nSPS) is 11.3. The Balaban J connectivity index is 2.65. The molecule has 22 heavy (non-hydrogen) atoms. The summed E-state index contributed by atoms with van der Waals surface area (Å²) in [6.45, 7) is 3.78. The van der Waals surface area contributed by atoms with Gasteiger partial charge in [0.2, 0.25) is 0 Å². The number of benzene rings is 1. The zero-order valence-corrected chi connectivity index (χ0v) is 12.0. The molecule has 0 fully saturated rings. The predicted molar refractivity (Wildman–Crippen MR) is 81.2 cm³/mol. The van der Waals surface area contributed by atoms with Gasteiger partial charge in [-0.05, 0) is 30.5 Å². The van der Waals surface area contributed by atoms with Crippen LogP contribution in [-0.2, 0) is 11.3 Å². The zero-order valence-electron chi connectivity index (χ0n) is 12.0. The Hall–Kier alpha value is -2.83. The molecule has 1 atom stereocenters. The molecule has 1 rings (SSSR count). The van der Waals surface area contributed by atoms with Crippen molar-refractivity contribution in [2.45, 2.75) is 25.4 Å². The van der Waals surface area contributed by atoms with Gasteiger partial charge in [-0.2, -0.15) is 0 Å². The van der Waals surface area contributed by atoms with Crippen LogP contribution in [0.15, 0.2) is 36.9 Å². The summed E-state index contributed by atoms with van der Waals surface area (Å²) >= 11 is 0. The van der Waals surface area contributed by atoms with Crippen LogP contribution >= 0.6 is 0 Å². The van der Waals surface area contributed by atoms with Gasteiger partial charge >= 0.3 is 12.0 Å². The van der Waals surface area contributed by atoms with E-state index in [1.807, 2.05) is 0 Å². The Labute approximate surface area is 128 Å². The van der Waals surface area contributed by atoms with E-state index in [1.54, 1.807) is 30.3 Å². The molecule has 118 valence electrons. The van der Waals surface area contributed by atoms with E-state index in [2.05, 4.69) is 17.2 Å². The topological polar surface area (TPSA) is 122 Å². The van der Waals surface area contributed by atoms with Crippen LogP contribution in [0.4, 0.5) is 4.79 Å². The van der Waals surface area contributed by atoms with Gasteiger partial charge in [-0.3, -0.25) is 4.79 Å². The van der Waals surface area contributed by atoms with Gasteiger partial charge in [-0.1, -0.05) is 18.2 Å². The summed E-state index contributed by atoms with van der Waals surface area (Å²) in [6.07, 6.45) is 2.38. The van der Waals surface area contributed by atoms with E-state index >= 15 is 0 Å². The molecule has 7 nitrogen and oxygen atoms in total. The minimum Gasteiger partial charge on any atom is -0.480 e. The fraction of sp³-hybridized carbons (Fsp3) is 0.267. The monoisotopic (exact) mass is 305 g/mol. The summed E-state index contributed by atoms with van der Waals surface area (Å²) in [6, 6.07) is 4.84. The first kappa shape index (κ1) is 17.2. The largest absolute Gasteiger partial charge is 0.480 e. The number of nitrogens with two attached hydrogens (primary N) is 1. The Bertz CT molecular complexity index is 554. The maximum absolute atomic E-state index is 12.0. The van der Waals surface area contributed by atoms with Gasteiger partial charge < -0.3 is 21.5 Å². The van der Waals surface area contributed by atoms with E-state index in [4.69, 9.17) is 10.8 Å². The van der Waals surface area contributed by atoms with E-state index in [1.165, 1.54) is 0 Å². The molecule has 0 aliphatic heterocycles. The van der Waals surface area contributed by atoms with Crippen molar-refractivity contribution in [1.82, 2.24) is 10.6 Å². The molecule has 1 aromatic carbocycles. The molecule has 0 spiro atoms. The third kappa shape index (κ3) is 5.66. The van der Waals surface area contributed by atoms with Gasteiger partial charge in [-0.25, -0.2) is 9.59 Å². The molecule has 0 radical (unpaired) electrons. The number of carboxylic acids is 1. The smallest absolute Gasteiger partial charge is 0.326 e. The lowest BCUT2D eigenvalue weighted by molar-refractivity contribution is -0.139. The first-order valence-corrected chi connectivity index (χ1v) is 6.71. The van der Waals surface area contributed by atoms with Crippen LogP contribution in [0.3, 0.4) is 0 Å². The number of nitrogens with one attached hydrogen (secondary N) is 2. The molecule has 7 heteroatoms. The quantitative estimate of drug-likeness (QED) is 0.535. The van der Waals surface area contributed by atoms with Crippen LogP contribution in [0.2, 0.25) is 0 Å². The average Bonchev–Trinajstić information content (AvgIpc) is 2.49. The van der Waals surface area contributed by atoms with Gasteiger partial charge in [0.05, 0.1) is 0 Å². The van der Waals surface area contributed by atoms with Crippen LogP contribution in [0.1, 0.15) is 28.8 Å².